The lowest BCUT2D eigenvalue weighted by atomic mass is 9.67. The van der Waals surface area contributed by atoms with E-state index in [2.05, 4.69) is 0 Å². The average molecular weight is 170 g/mol. The minimum atomic E-state index is -0.193. The summed E-state index contributed by atoms with van der Waals surface area (Å²) < 4.78 is 0. The molecule has 1 atom stereocenters. The molecule has 0 heterocycles. The third-order valence-corrected chi connectivity index (χ3v) is 3.17. The molecule has 0 amide bonds. The number of hydrogen-bond donors (Lipinski definition) is 1. The molecule has 1 N–H and O–H groups in total. The van der Waals surface area contributed by atoms with Crippen LogP contribution in [0.4, 0.5) is 0 Å². The van der Waals surface area contributed by atoms with Gasteiger partial charge in [-0.3, -0.25) is 4.79 Å². The molecular formula is C10H18O2. The van der Waals surface area contributed by atoms with E-state index in [1.807, 2.05) is 13.8 Å². The zero-order valence-electron chi connectivity index (χ0n) is 7.97. The summed E-state index contributed by atoms with van der Waals surface area (Å²) in [7, 11) is 0. The lowest BCUT2D eigenvalue weighted by Gasteiger charge is -2.36. The molecule has 0 aliphatic heterocycles. The van der Waals surface area contributed by atoms with Crippen LogP contribution in [0.1, 0.15) is 39.5 Å². The van der Waals surface area contributed by atoms with E-state index in [4.69, 9.17) is 5.11 Å². The highest BCUT2D eigenvalue weighted by Crippen LogP contribution is 2.39. The van der Waals surface area contributed by atoms with Gasteiger partial charge in [-0.05, 0) is 25.2 Å². The molecule has 0 spiro atoms. The Morgan fingerprint density at radius 2 is 2.25 bits per heavy atom. The van der Waals surface area contributed by atoms with Crippen LogP contribution < -0.4 is 0 Å². The lowest BCUT2D eigenvalue weighted by Crippen LogP contribution is -2.37. The SMILES string of the molecule is CC1(C)C(=O)CCC[C@H]1CCO. The van der Waals surface area contributed by atoms with E-state index in [9.17, 15) is 4.79 Å². The molecule has 2 heteroatoms. The smallest absolute Gasteiger partial charge is 0.138 e. The van der Waals surface area contributed by atoms with Crippen LogP contribution in [-0.2, 0) is 4.79 Å². The first kappa shape index (κ1) is 9.72. The van der Waals surface area contributed by atoms with E-state index in [0.717, 1.165) is 25.7 Å². The van der Waals surface area contributed by atoms with Crippen molar-refractivity contribution in [3.05, 3.63) is 0 Å². The van der Waals surface area contributed by atoms with Gasteiger partial charge in [-0.2, -0.15) is 0 Å². The van der Waals surface area contributed by atoms with E-state index in [-0.39, 0.29) is 12.0 Å². The van der Waals surface area contributed by atoms with Crippen LogP contribution in [0, 0.1) is 11.3 Å². The van der Waals surface area contributed by atoms with Crippen molar-refractivity contribution in [2.45, 2.75) is 39.5 Å². The number of aliphatic hydroxyl groups excluding tert-OH is 1. The summed E-state index contributed by atoms with van der Waals surface area (Å²) in [6.45, 7) is 4.23. The molecule has 1 aliphatic rings. The zero-order chi connectivity index (χ0) is 9.19. The van der Waals surface area contributed by atoms with Crippen LogP contribution in [0.2, 0.25) is 0 Å². The van der Waals surface area contributed by atoms with Crippen LogP contribution in [0.3, 0.4) is 0 Å². The van der Waals surface area contributed by atoms with Gasteiger partial charge in [0.1, 0.15) is 5.78 Å². The largest absolute Gasteiger partial charge is 0.396 e. The second-order valence-electron chi connectivity index (χ2n) is 4.25. The molecule has 70 valence electrons. The van der Waals surface area contributed by atoms with Crippen LogP contribution in [0.25, 0.3) is 0 Å². The van der Waals surface area contributed by atoms with Crippen molar-refractivity contribution >= 4 is 5.78 Å². The molecule has 0 bridgehead atoms. The van der Waals surface area contributed by atoms with Gasteiger partial charge in [-0.1, -0.05) is 13.8 Å². The van der Waals surface area contributed by atoms with E-state index < -0.39 is 0 Å². The van der Waals surface area contributed by atoms with E-state index in [1.54, 1.807) is 0 Å². The number of aliphatic hydroxyl groups is 1. The maximum absolute atomic E-state index is 11.5. The van der Waals surface area contributed by atoms with Crippen molar-refractivity contribution in [3.63, 3.8) is 0 Å². The van der Waals surface area contributed by atoms with Crippen LogP contribution >= 0.6 is 0 Å². The van der Waals surface area contributed by atoms with Gasteiger partial charge in [0.25, 0.3) is 0 Å². The number of Topliss-reactive ketones (excluding diaryl/α,β-unsaturated/α-hetero) is 1. The summed E-state index contributed by atoms with van der Waals surface area (Å²) in [5, 5.41) is 8.83. The summed E-state index contributed by atoms with van der Waals surface area (Å²) in [6, 6.07) is 0. The predicted octanol–water partition coefficient (Wildman–Crippen LogP) is 1.76. The molecule has 12 heavy (non-hydrogen) atoms. The van der Waals surface area contributed by atoms with Gasteiger partial charge in [0, 0.05) is 18.4 Å². The Morgan fingerprint density at radius 1 is 1.58 bits per heavy atom. The van der Waals surface area contributed by atoms with Crippen LogP contribution in [0.15, 0.2) is 0 Å². The molecule has 0 aromatic carbocycles. The first-order chi connectivity index (χ1) is 5.59. The Kier molecular flexibility index (Phi) is 2.89. The standard InChI is InChI=1S/C10H18O2/c1-10(2)8(6-7-11)4-3-5-9(10)12/h8,11H,3-7H2,1-2H3/t8-/m0/s1. The molecule has 0 radical (unpaired) electrons. The Labute approximate surface area is 74.0 Å². The molecular weight excluding hydrogens is 152 g/mol. The van der Waals surface area contributed by atoms with Crippen molar-refractivity contribution in [2.75, 3.05) is 6.61 Å². The monoisotopic (exact) mass is 170 g/mol. The molecule has 1 saturated carbocycles. The fourth-order valence-corrected chi connectivity index (χ4v) is 2.08. The van der Waals surface area contributed by atoms with Crippen molar-refractivity contribution in [2.24, 2.45) is 11.3 Å². The average Bonchev–Trinajstić information content (AvgIpc) is 2.00. The van der Waals surface area contributed by atoms with Gasteiger partial charge >= 0.3 is 0 Å². The maximum Gasteiger partial charge on any atom is 0.138 e. The third kappa shape index (κ3) is 1.69. The molecule has 0 aromatic heterocycles. The number of rotatable bonds is 2. The highest BCUT2D eigenvalue weighted by atomic mass is 16.3. The Balaban J connectivity index is 2.65. The maximum atomic E-state index is 11.5. The van der Waals surface area contributed by atoms with Crippen molar-refractivity contribution < 1.29 is 9.90 Å². The fourth-order valence-electron chi connectivity index (χ4n) is 2.08. The summed E-state index contributed by atoms with van der Waals surface area (Å²) in [5.74, 6) is 0.760. The van der Waals surface area contributed by atoms with Gasteiger partial charge in [-0.15, -0.1) is 0 Å². The summed E-state index contributed by atoms with van der Waals surface area (Å²) in [5.41, 5.74) is -0.193. The molecule has 0 aromatic rings. The minimum Gasteiger partial charge on any atom is -0.396 e. The fraction of sp³-hybridized carbons (Fsp3) is 0.900. The third-order valence-electron chi connectivity index (χ3n) is 3.17. The number of carbonyl (C=O) groups excluding carboxylic acids is 1. The van der Waals surface area contributed by atoms with E-state index in [1.165, 1.54) is 0 Å². The number of ketones is 1. The zero-order valence-corrected chi connectivity index (χ0v) is 7.97. The Hall–Kier alpha value is -0.370. The Bertz CT molecular complexity index is 171. The first-order valence-corrected chi connectivity index (χ1v) is 4.73. The molecule has 0 saturated heterocycles. The number of carbonyl (C=O) groups is 1. The summed E-state index contributed by atoms with van der Waals surface area (Å²) in [4.78, 5) is 11.5. The second kappa shape index (κ2) is 3.56. The van der Waals surface area contributed by atoms with Crippen LogP contribution in [0.5, 0.6) is 0 Å². The molecule has 1 aliphatic carbocycles. The first-order valence-electron chi connectivity index (χ1n) is 4.73. The van der Waals surface area contributed by atoms with Gasteiger partial charge in [-0.25, -0.2) is 0 Å². The van der Waals surface area contributed by atoms with E-state index in [0.29, 0.717) is 11.7 Å². The topological polar surface area (TPSA) is 37.3 Å². The predicted molar refractivity (Wildman–Crippen MR) is 47.8 cm³/mol. The normalized spacial score (nSPS) is 28.9. The summed E-state index contributed by atoms with van der Waals surface area (Å²) in [6.07, 6.45) is 3.61. The Morgan fingerprint density at radius 3 is 2.83 bits per heavy atom. The highest BCUT2D eigenvalue weighted by Gasteiger charge is 2.38. The molecule has 0 unspecified atom stereocenters. The molecule has 2 nitrogen and oxygen atoms in total. The van der Waals surface area contributed by atoms with Gasteiger partial charge in [0.2, 0.25) is 0 Å². The molecule has 1 rings (SSSR count). The van der Waals surface area contributed by atoms with Gasteiger partial charge in [0.05, 0.1) is 0 Å². The van der Waals surface area contributed by atoms with Gasteiger partial charge < -0.3 is 5.11 Å². The quantitative estimate of drug-likeness (QED) is 0.685. The minimum absolute atomic E-state index is 0.193. The lowest BCUT2D eigenvalue weighted by molar-refractivity contribution is -0.133. The second-order valence-corrected chi connectivity index (χ2v) is 4.25. The van der Waals surface area contributed by atoms with Crippen molar-refractivity contribution in [1.82, 2.24) is 0 Å². The van der Waals surface area contributed by atoms with Crippen LogP contribution in [-0.4, -0.2) is 17.5 Å². The van der Waals surface area contributed by atoms with Crippen molar-refractivity contribution in [3.8, 4) is 0 Å². The van der Waals surface area contributed by atoms with E-state index >= 15 is 0 Å². The summed E-state index contributed by atoms with van der Waals surface area (Å²) >= 11 is 0. The van der Waals surface area contributed by atoms with Gasteiger partial charge in [0.15, 0.2) is 0 Å². The van der Waals surface area contributed by atoms with Crippen molar-refractivity contribution in [1.29, 1.82) is 0 Å². The molecule has 1 fully saturated rings. The number of hydrogen-bond acceptors (Lipinski definition) is 2. The highest BCUT2D eigenvalue weighted by molar-refractivity contribution is 5.85.